The van der Waals surface area contributed by atoms with E-state index in [1.54, 1.807) is 20.8 Å². The summed E-state index contributed by atoms with van der Waals surface area (Å²) in [4.78, 5) is 106. The average Bonchev–Trinajstić information content (AvgIpc) is 3.74. The molecule has 0 radical (unpaired) electrons. The van der Waals surface area contributed by atoms with E-state index in [1.165, 1.54) is 0 Å². The van der Waals surface area contributed by atoms with E-state index in [0.29, 0.717) is 18.2 Å². The number of methoxy groups -OCH3 is 1. The zero-order valence-corrected chi connectivity index (χ0v) is 32.9. The fourth-order valence-corrected chi connectivity index (χ4v) is 6.83. The van der Waals surface area contributed by atoms with Gasteiger partial charge in [0, 0.05) is 44.5 Å². The van der Waals surface area contributed by atoms with Gasteiger partial charge in [0.1, 0.15) is 35.9 Å². The number of nitrogens with two attached hydrogens (primary N) is 3. The van der Waals surface area contributed by atoms with Gasteiger partial charge in [-0.3, -0.25) is 43.2 Å². The Labute approximate surface area is 338 Å². The summed E-state index contributed by atoms with van der Waals surface area (Å²) in [7, 11) is 2.07. The number of ether oxygens (including phenoxy) is 1. The van der Waals surface area contributed by atoms with Gasteiger partial charge in [-0.1, -0.05) is 20.8 Å². The Bertz CT molecular complexity index is 1620. The molecule has 0 saturated carbocycles. The second-order valence-electron chi connectivity index (χ2n) is 12.9. The number of aliphatic carboxylic acids is 2. The summed E-state index contributed by atoms with van der Waals surface area (Å²) in [6, 6.07) is -2.87. The molecule has 0 aromatic rings. The van der Waals surface area contributed by atoms with Crippen LogP contribution in [-0.2, 0) is 47.9 Å². The molecule has 0 spiro atoms. The largest absolute Gasteiger partial charge is 0.481 e. The van der Waals surface area contributed by atoms with Gasteiger partial charge in [-0.05, 0) is 37.5 Å². The quantitative estimate of drug-likeness (QED) is 0.0732. The molecule has 0 aliphatic carbocycles. The molecule has 25 heteroatoms. The van der Waals surface area contributed by atoms with Crippen LogP contribution in [0.25, 0.3) is 0 Å². The lowest BCUT2D eigenvalue weighted by Crippen LogP contribution is -2.46. The van der Waals surface area contributed by atoms with Gasteiger partial charge in [-0.2, -0.15) is 26.3 Å². The molecular weight excluding hydrogens is 826 g/mol. The molecule has 3 saturated heterocycles. The number of halogens is 6. The Morgan fingerprint density at radius 3 is 1.00 bits per heavy atom. The minimum absolute atomic E-state index is 0.169. The third kappa shape index (κ3) is 14.1. The molecule has 3 rings (SSSR count). The van der Waals surface area contributed by atoms with E-state index in [2.05, 4.69) is 4.74 Å². The van der Waals surface area contributed by atoms with Crippen molar-refractivity contribution < 1.29 is 89.5 Å². The van der Waals surface area contributed by atoms with Gasteiger partial charge in [-0.15, -0.1) is 0 Å². The second-order valence-corrected chi connectivity index (χ2v) is 12.9. The standard InChI is InChI=1S/C12H16F2N2O4.2C11H14F2N2O4.CH4O/c1-3-7(10(15)17)16-5-6(4-8(13)14)9(11(16)18)12(19)20-2;2*1-2-6(9(14)16)15-4-5(3-7(12)13)8(10(15)17)11(18)19;1-2/h4,6-7,9H,3,5H2,1-2H3,(H2,15,17);2*3,5-6,8H,2,4H2,1H3,(H2,14,16)(H,18,19);2H,1H3/t;5-,6?,8?;;/m.0../s1. The maximum atomic E-state index is 12.4. The van der Waals surface area contributed by atoms with E-state index in [0.717, 1.165) is 28.9 Å². The first-order valence-corrected chi connectivity index (χ1v) is 17.8. The van der Waals surface area contributed by atoms with Crippen molar-refractivity contribution in [3.8, 4) is 0 Å². The average molecular weight is 875 g/mol. The van der Waals surface area contributed by atoms with Crippen LogP contribution in [0.1, 0.15) is 40.0 Å². The number of amides is 6. The smallest absolute Gasteiger partial charge is 0.318 e. The van der Waals surface area contributed by atoms with Crippen molar-refractivity contribution in [2.45, 2.75) is 58.2 Å². The number of primary amides is 3. The van der Waals surface area contributed by atoms with Crippen LogP contribution in [0, 0.1) is 35.5 Å². The summed E-state index contributed by atoms with van der Waals surface area (Å²) < 4.78 is 78.3. The molecule has 3 aliphatic heterocycles. The lowest BCUT2D eigenvalue weighted by Gasteiger charge is -2.24. The summed E-state index contributed by atoms with van der Waals surface area (Å²) in [6.07, 6.45) is -4.07. The van der Waals surface area contributed by atoms with Crippen molar-refractivity contribution in [3.63, 3.8) is 0 Å². The molecule has 0 aromatic carbocycles. The predicted octanol–water partition coefficient (Wildman–Crippen LogP) is 0.267. The molecule has 19 nitrogen and oxygen atoms in total. The highest BCUT2D eigenvalue weighted by molar-refractivity contribution is 6.03. The summed E-state index contributed by atoms with van der Waals surface area (Å²) in [5, 5.41) is 24.9. The molecule has 60 heavy (non-hydrogen) atoms. The summed E-state index contributed by atoms with van der Waals surface area (Å²) in [6.45, 7) is 4.14. The number of aliphatic hydroxyl groups is 1. The Balaban J connectivity index is 0.000000852. The Kier molecular flexibility index (Phi) is 22.3. The number of carbonyl (C=O) groups is 9. The van der Waals surface area contributed by atoms with Crippen LogP contribution < -0.4 is 17.2 Å². The number of carboxylic acids is 2. The molecule has 6 amide bonds. The van der Waals surface area contributed by atoms with E-state index in [-0.39, 0.29) is 38.9 Å². The number of hydrogen-bond acceptors (Lipinski definition) is 11. The number of aliphatic hydroxyl groups excluding tert-OH is 1. The minimum Gasteiger partial charge on any atom is -0.481 e. The SMILES string of the molecule is CCC(C(N)=O)N1CC(C=C(F)F)C(C(=O)O)C1=O.CCC(C(N)=O)N1CC(C=C(F)F)C(C(=O)OC)C1=O.CCC(C(N)=O)N1C[C@H](C=C(F)F)C(C(=O)O)C1=O.CO. The summed E-state index contributed by atoms with van der Waals surface area (Å²) in [5.41, 5.74) is 15.4. The lowest BCUT2D eigenvalue weighted by molar-refractivity contribution is -0.153. The number of likely N-dealkylation sites (tertiary alicyclic amines) is 3. The summed E-state index contributed by atoms with van der Waals surface area (Å²) in [5.74, 6) is -16.6. The van der Waals surface area contributed by atoms with Gasteiger partial charge in [0.05, 0.1) is 7.11 Å². The molecule has 0 aromatic heterocycles. The highest BCUT2D eigenvalue weighted by Gasteiger charge is 2.50. The topological polar surface area (TPSA) is 311 Å². The molecule has 338 valence electrons. The normalized spacial score (nSPS) is 23.2. The zero-order valence-electron chi connectivity index (χ0n) is 32.9. The Morgan fingerprint density at radius 2 is 0.817 bits per heavy atom. The van der Waals surface area contributed by atoms with Crippen molar-refractivity contribution in [3.05, 3.63) is 36.5 Å². The number of nitrogens with zero attached hydrogens (tertiary/aromatic N) is 3. The number of rotatable bonds is 15. The van der Waals surface area contributed by atoms with Gasteiger partial charge in [0.25, 0.3) is 18.2 Å². The van der Waals surface area contributed by atoms with Crippen molar-refractivity contribution in [1.29, 1.82) is 0 Å². The third-order valence-electron chi connectivity index (χ3n) is 9.44. The molecule has 9 N–H and O–H groups in total. The van der Waals surface area contributed by atoms with Gasteiger partial charge in [0.15, 0.2) is 0 Å². The van der Waals surface area contributed by atoms with E-state index in [1.807, 2.05) is 0 Å². The van der Waals surface area contributed by atoms with Crippen molar-refractivity contribution >= 4 is 53.4 Å². The molecule has 3 heterocycles. The maximum absolute atomic E-state index is 12.4. The van der Waals surface area contributed by atoms with E-state index in [9.17, 15) is 69.5 Å². The highest BCUT2D eigenvalue weighted by atomic mass is 19.3. The third-order valence-corrected chi connectivity index (χ3v) is 9.44. The van der Waals surface area contributed by atoms with E-state index < -0.39 is 125 Å². The van der Waals surface area contributed by atoms with Gasteiger partial charge in [0.2, 0.25) is 35.4 Å². The van der Waals surface area contributed by atoms with Crippen LogP contribution in [-0.4, -0.2) is 135 Å². The van der Waals surface area contributed by atoms with Crippen LogP contribution in [0.15, 0.2) is 36.5 Å². The molecule has 3 fully saturated rings. The van der Waals surface area contributed by atoms with Crippen LogP contribution in [0.4, 0.5) is 26.3 Å². The minimum atomic E-state index is -2.06. The van der Waals surface area contributed by atoms with Crippen LogP contribution in [0.5, 0.6) is 0 Å². The number of hydrogen-bond donors (Lipinski definition) is 6. The fourth-order valence-electron chi connectivity index (χ4n) is 6.83. The Hall–Kier alpha value is -6.01. The first-order chi connectivity index (χ1) is 27.9. The zero-order chi connectivity index (χ0) is 46.9. The maximum Gasteiger partial charge on any atom is 0.318 e. The van der Waals surface area contributed by atoms with Gasteiger partial charge in [-0.25, -0.2) is 0 Å². The molecule has 3 aliphatic rings. The number of carboxylic acid groups (broad SMARTS) is 2. The monoisotopic (exact) mass is 874 g/mol. The number of carbonyl (C=O) groups excluding carboxylic acids is 7. The molecule has 8 unspecified atom stereocenters. The van der Waals surface area contributed by atoms with Crippen LogP contribution in [0.2, 0.25) is 0 Å². The molecule has 0 bridgehead atoms. The first kappa shape index (κ1) is 54.0. The van der Waals surface area contributed by atoms with Gasteiger partial charge < -0.3 is 52.0 Å². The van der Waals surface area contributed by atoms with Crippen LogP contribution >= 0.6 is 0 Å². The van der Waals surface area contributed by atoms with E-state index in [4.69, 9.17) is 32.5 Å². The Morgan fingerprint density at radius 1 is 0.583 bits per heavy atom. The summed E-state index contributed by atoms with van der Waals surface area (Å²) >= 11 is 0. The van der Waals surface area contributed by atoms with Crippen LogP contribution in [0.3, 0.4) is 0 Å². The number of esters is 1. The fraction of sp³-hybridized carbons (Fsp3) is 0.571. The highest BCUT2D eigenvalue weighted by Crippen LogP contribution is 2.33. The van der Waals surface area contributed by atoms with Crippen molar-refractivity contribution in [1.82, 2.24) is 14.7 Å². The van der Waals surface area contributed by atoms with E-state index >= 15 is 0 Å². The lowest BCUT2D eigenvalue weighted by atomic mass is 9.96. The second kappa shape index (κ2) is 24.8. The molecule has 9 atom stereocenters. The predicted molar refractivity (Wildman–Crippen MR) is 192 cm³/mol. The molecular formula is C35H48F6N6O13. The van der Waals surface area contributed by atoms with Gasteiger partial charge >= 0.3 is 17.9 Å². The van der Waals surface area contributed by atoms with Crippen molar-refractivity contribution in [2.75, 3.05) is 33.9 Å². The van der Waals surface area contributed by atoms with Crippen molar-refractivity contribution in [2.24, 2.45) is 52.7 Å². The first-order valence-electron chi connectivity index (χ1n) is 17.8.